The smallest absolute Gasteiger partial charge is 0.411 e. The fourth-order valence-electron chi connectivity index (χ4n) is 2.32. The largest absolute Gasteiger partial charge is 0.481 e. The van der Waals surface area contributed by atoms with Crippen LogP contribution in [0.4, 0.5) is 13.2 Å². The molecular weight excluding hydrogens is 237 g/mol. The highest BCUT2D eigenvalue weighted by Gasteiger charge is 2.31. The number of carbonyl (C=O) groups is 1. The van der Waals surface area contributed by atoms with Gasteiger partial charge in [-0.05, 0) is 25.2 Å². The summed E-state index contributed by atoms with van der Waals surface area (Å²) in [6, 6.07) is 0. The summed E-state index contributed by atoms with van der Waals surface area (Å²) in [5.74, 6) is -1.39. The van der Waals surface area contributed by atoms with Gasteiger partial charge < -0.3 is 9.84 Å². The van der Waals surface area contributed by atoms with Crippen molar-refractivity contribution in [3.8, 4) is 0 Å². The van der Waals surface area contributed by atoms with E-state index in [1.165, 1.54) is 0 Å². The summed E-state index contributed by atoms with van der Waals surface area (Å²) < 4.78 is 39.8. The highest BCUT2D eigenvalue weighted by Crippen LogP contribution is 2.33. The molecule has 1 atom stereocenters. The molecule has 1 aliphatic carbocycles. The molecule has 17 heavy (non-hydrogen) atoms. The Kier molecular flexibility index (Phi) is 5.24. The molecule has 0 spiro atoms. The normalized spacial score (nSPS) is 19.5. The molecule has 0 aromatic rings. The molecule has 0 saturated heterocycles. The van der Waals surface area contributed by atoms with Crippen LogP contribution in [-0.4, -0.2) is 30.5 Å². The van der Waals surface area contributed by atoms with Gasteiger partial charge in [0.1, 0.15) is 6.61 Å². The molecule has 100 valence electrons. The monoisotopic (exact) mass is 254 g/mol. The number of aliphatic carboxylic acids is 1. The highest BCUT2D eigenvalue weighted by atomic mass is 19.4. The van der Waals surface area contributed by atoms with Crippen LogP contribution in [0, 0.1) is 11.8 Å². The average molecular weight is 254 g/mol. The molecule has 6 heteroatoms. The number of hydrogen-bond donors (Lipinski definition) is 1. The van der Waals surface area contributed by atoms with Gasteiger partial charge in [0.05, 0.1) is 5.92 Å². The molecule has 3 nitrogen and oxygen atoms in total. The van der Waals surface area contributed by atoms with Crippen molar-refractivity contribution in [2.75, 3.05) is 13.2 Å². The van der Waals surface area contributed by atoms with Gasteiger partial charge in [0.15, 0.2) is 0 Å². The van der Waals surface area contributed by atoms with Gasteiger partial charge in [-0.15, -0.1) is 0 Å². The Bertz CT molecular complexity index is 247. The number of carboxylic acids is 1. The fraction of sp³-hybridized carbons (Fsp3) is 0.909. The second kappa shape index (κ2) is 6.23. The van der Waals surface area contributed by atoms with E-state index >= 15 is 0 Å². The molecule has 0 aromatic carbocycles. The number of ether oxygens (including phenoxy) is 1. The van der Waals surface area contributed by atoms with Crippen molar-refractivity contribution in [2.24, 2.45) is 11.8 Å². The Morgan fingerprint density at radius 3 is 2.41 bits per heavy atom. The van der Waals surface area contributed by atoms with Crippen molar-refractivity contribution in [3.05, 3.63) is 0 Å². The van der Waals surface area contributed by atoms with Crippen molar-refractivity contribution in [2.45, 2.75) is 38.3 Å². The van der Waals surface area contributed by atoms with Gasteiger partial charge in [0.25, 0.3) is 0 Å². The molecule has 1 fully saturated rings. The number of rotatable bonds is 6. The lowest BCUT2D eigenvalue weighted by Gasteiger charge is -2.19. The third-order valence-corrected chi connectivity index (χ3v) is 3.12. The molecule has 0 radical (unpaired) electrons. The maximum atomic E-state index is 11.8. The van der Waals surface area contributed by atoms with E-state index in [1.807, 2.05) is 0 Å². The molecule has 1 rings (SSSR count). The Balaban J connectivity index is 2.28. The Hall–Kier alpha value is -0.780. The van der Waals surface area contributed by atoms with Crippen LogP contribution in [0.15, 0.2) is 0 Å². The van der Waals surface area contributed by atoms with E-state index in [0.717, 1.165) is 25.7 Å². The van der Waals surface area contributed by atoms with E-state index in [-0.39, 0.29) is 18.9 Å². The standard InChI is InChI=1S/C11H17F3O3/c12-11(13,14)7-17-6-5-9(10(15)16)8-3-1-2-4-8/h8-9H,1-7H2,(H,15,16). The van der Waals surface area contributed by atoms with E-state index < -0.39 is 24.7 Å². The molecule has 1 saturated carbocycles. The van der Waals surface area contributed by atoms with Crippen molar-refractivity contribution in [3.63, 3.8) is 0 Å². The Labute approximate surface area is 97.9 Å². The predicted octanol–water partition coefficient (Wildman–Crippen LogP) is 2.85. The first-order chi connectivity index (χ1) is 7.90. The lowest BCUT2D eigenvalue weighted by atomic mass is 9.88. The second-order valence-electron chi connectivity index (χ2n) is 4.45. The zero-order valence-electron chi connectivity index (χ0n) is 9.50. The first-order valence-corrected chi connectivity index (χ1v) is 5.77. The molecule has 0 bridgehead atoms. The van der Waals surface area contributed by atoms with E-state index in [9.17, 15) is 18.0 Å². The number of hydrogen-bond acceptors (Lipinski definition) is 2. The zero-order chi connectivity index (χ0) is 12.9. The molecule has 1 aliphatic rings. The van der Waals surface area contributed by atoms with E-state index in [2.05, 4.69) is 4.74 Å². The van der Waals surface area contributed by atoms with Gasteiger partial charge >= 0.3 is 12.1 Å². The molecular formula is C11H17F3O3. The average Bonchev–Trinajstić information content (AvgIpc) is 2.68. The quantitative estimate of drug-likeness (QED) is 0.741. The summed E-state index contributed by atoms with van der Waals surface area (Å²) in [5.41, 5.74) is 0. The molecule has 1 N–H and O–H groups in total. The first-order valence-electron chi connectivity index (χ1n) is 5.77. The Morgan fingerprint density at radius 1 is 1.35 bits per heavy atom. The zero-order valence-corrected chi connectivity index (χ0v) is 9.50. The summed E-state index contributed by atoms with van der Waals surface area (Å²) in [6.45, 7) is -1.45. The summed E-state index contributed by atoms with van der Waals surface area (Å²) >= 11 is 0. The third kappa shape index (κ3) is 5.39. The maximum absolute atomic E-state index is 11.8. The number of alkyl halides is 3. The van der Waals surface area contributed by atoms with Crippen LogP contribution in [0.25, 0.3) is 0 Å². The molecule has 0 aliphatic heterocycles. The Morgan fingerprint density at radius 2 is 1.94 bits per heavy atom. The van der Waals surface area contributed by atoms with Crippen LogP contribution in [0.1, 0.15) is 32.1 Å². The fourth-order valence-corrected chi connectivity index (χ4v) is 2.32. The predicted molar refractivity (Wildman–Crippen MR) is 54.6 cm³/mol. The van der Waals surface area contributed by atoms with Gasteiger partial charge in [-0.3, -0.25) is 4.79 Å². The first kappa shape index (κ1) is 14.3. The molecule has 1 unspecified atom stereocenters. The van der Waals surface area contributed by atoms with Crippen molar-refractivity contribution >= 4 is 5.97 Å². The lowest BCUT2D eigenvalue weighted by Crippen LogP contribution is -2.25. The minimum Gasteiger partial charge on any atom is -0.481 e. The van der Waals surface area contributed by atoms with Crippen LogP contribution in [0.5, 0.6) is 0 Å². The summed E-state index contributed by atoms with van der Waals surface area (Å²) in [5, 5.41) is 9.02. The second-order valence-corrected chi connectivity index (χ2v) is 4.45. The van der Waals surface area contributed by atoms with Gasteiger partial charge in [-0.25, -0.2) is 0 Å². The van der Waals surface area contributed by atoms with Crippen molar-refractivity contribution in [1.82, 2.24) is 0 Å². The lowest BCUT2D eigenvalue weighted by molar-refractivity contribution is -0.175. The van der Waals surface area contributed by atoms with Gasteiger partial charge in [0.2, 0.25) is 0 Å². The van der Waals surface area contributed by atoms with E-state index in [4.69, 9.17) is 5.11 Å². The summed E-state index contributed by atoms with van der Waals surface area (Å²) in [7, 11) is 0. The van der Waals surface area contributed by atoms with Crippen LogP contribution >= 0.6 is 0 Å². The van der Waals surface area contributed by atoms with Crippen LogP contribution in [-0.2, 0) is 9.53 Å². The molecule has 0 aromatic heterocycles. The van der Waals surface area contributed by atoms with Crippen LogP contribution in [0.3, 0.4) is 0 Å². The van der Waals surface area contributed by atoms with Gasteiger partial charge in [0, 0.05) is 6.61 Å². The SMILES string of the molecule is O=C(O)C(CCOCC(F)(F)F)C1CCCC1. The number of halogens is 3. The molecule has 0 amide bonds. The van der Waals surface area contributed by atoms with E-state index in [0.29, 0.717) is 0 Å². The van der Waals surface area contributed by atoms with Gasteiger partial charge in [-0.2, -0.15) is 13.2 Å². The van der Waals surface area contributed by atoms with E-state index in [1.54, 1.807) is 0 Å². The topological polar surface area (TPSA) is 46.5 Å². The van der Waals surface area contributed by atoms with Crippen molar-refractivity contribution in [1.29, 1.82) is 0 Å². The minimum absolute atomic E-state index is 0.0991. The maximum Gasteiger partial charge on any atom is 0.411 e. The molecule has 0 heterocycles. The summed E-state index contributed by atoms with van der Waals surface area (Å²) in [4.78, 5) is 11.0. The van der Waals surface area contributed by atoms with Gasteiger partial charge in [-0.1, -0.05) is 12.8 Å². The van der Waals surface area contributed by atoms with Crippen molar-refractivity contribution < 1.29 is 27.8 Å². The van der Waals surface area contributed by atoms with Crippen LogP contribution < -0.4 is 0 Å². The minimum atomic E-state index is -4.34. The third-order valence-electron chi connectivity index (χ3n) is 3.12. The number of carboxylic acid groups (broad SMARTS) is 1. The van der Waals surface area contributed by atoms with Crippen LogP contribution in [0.2, 0.25) is 0 Å². The highest BCUT2D eigenvalue weighted by molar-refractivity contribution is 5.70. The summed E-state index contributed by atoms with van der Waals surface area (Å²) in [6.07, 6.45) is -0.440.